The van der Waals surface area contributed by atoms with E-state index in [9.17, 15) is 35.5 Å². The number of carbonyl (C=O) groups excluding carboxylic acids is 2. The third kappa shape index (κ3) is 31.0. The van der Waals surface area contributed by atoms with Gasteiger partial charge in [-0.15, -0.1) is 0 Å². The zero-order valence-electron chi connectivity index (χ0n) is 15.9. The molecule has 0 rings (SSSR count). The van der Waals surface area contributed by atoms with Gasteiger partial charge in [-0.1, -0.05) is 13.8 Å². The molecule has 0 fully saturated rings. The number of nitrogens with one attached hydrogen (secondary N) is 2. The van der Waals surface area contributed by atoms with Crippen LogP contribution in [-0.2, 0) is 29.8 Å². The van der Waals surface area contributed by atoms with Crippen LogP contribution in [0.1, 0.15) is 52.4 Å². The van der Waals surface area contributed by atoms with Gasteiger partial charge in [0.05, 0.1) is 20.2 Å². The normalized spacial score (nSPS) is 10.8. The van der Waals surface area contributed by atoms with Crippen LogP contribution < -0.4 is 10.6 Å². The standard InChI is InChI=1S/2C7H15NO4S.Ca/c2*1-2-4-7(9)8-5-3-6-13(10,11)12;/h2*2-6H2,1H3,(H,8,9)(H,10,11,12);/q;;+2/p-2. The molecule has 0 aromatic rings. The summed E-state index contributed by atoms with van der Waals surface area (Å²) in [4.78, 5) is 21.7. The Kier molecular flexibility index (Phi) is 21.2. The molecule has 0 aliphatic heterocycles. The Morgan fingerprint density at radius 3 is 1.26 bits per heavy atom. The van der Waals surface area contributed by atoms with Gasteiger partial charge in [-0.25, -0.2) is 16.8 Å². The van der Waals surface area contributed by atoms with Gasteiger partial charge in [0.15, 0.2) is 0 Å². The Bertz CT molecular complexity index is 555. The van der Waals surface area contributed by atoms with Crippen molar-refractivity contribution >= 4 is 69.8 Å². The Balaban J connectivity index is -0.000000411. The minimum absolute atomic E-state index is 0. The summed E-state index contributed by atoms with van der Waals surface area (Å²) in [6.07, 6.45) is 2.74. The van der Waals surface area contributed by atoms with E-state index in [0.717, 1.165) is 12.8 Å². The number of rotatable bonds is 12. The molecule has 0 aromatic heterocycles. The van der Waals surface area contributed by atoms with Gasteiger partial charge in [0.2, 0.25) is 11.8 Å². The van der Waals surface area contributed by atoms with Crippen LogP contribution in [0.4, 0.5) is 0 Å². The van der Waals surface area contributed by atoms with Gasteiger partial charge in [-0.3, -0.25) is 9.59 Å². The molecule has 0 aromatic carbocycles. The average Bonchev–Trinajstić information content (AvgIpc) is 2.48. The Hall–Kier alpha value is 0.0197. The molecular weight excluding hydrogens is 428 g/mol. The van der Waals surface area contributed by atoms with Crippen LogP contribution >= 0.6 is 0 Å². The maximum Gasteiger partial charge on any atom is 2.00 e. The first-order valence-corrected chi connectivity index (χ1v) is 11.5. The van der Waals surface area contributed by atoms with E-state index in [1.807, 2.05) is 13.8 Å². The Labute approximate surface area is 191 Å². The Morgan fingerprint density at radius 2 is 1.04 bits per heavy atom. The van der Waals surface area contributed by atoms with E-state index < -0.39 is 31.7 Å². The molecule has 27 heavy (non-hydrogen) atoms. The molecule has 0 aliphatic carbocycles. The van der Waals surface area contributed by atoms with Crippen LogP contribution in [0.25, 0.3) is 0 Å². The zero-order chi connectivity index (χ0) is 20.6. The second kappa shape index (κ2) is 18.1. The summed E-state index contributed by atoms with van der Waals surface area (Å²) in [5.41, 5.74) is 0. The number of carbonyl (C=O) groups is 2. The van der Waals surface area contributed by atoms with Crippen molar-refractivity contribution in [3.05, 3.63) is 0 Å². The topological polar surface area (TPSA) is 173 Å². The van der Waals surface area contributed by atoms with Gasteiger partial charge in [-0.05, 0) is 25.7 Å². The second-order valence-corrected chi connectivity index (χ2v) is 8.48. The van der Waals surface area contributed by atoms with Crippen molar-refractivity contribution in [2.75, 3.05) is 24.6 Å². The molecule has 0 spiro atoms. The van der Waals surface area contributed by atoms with E-state index in [2.05, 4.69) is 10.6 Å². The molecule has 156 valence electrons. The second-order valence-electron chi connectivity index (χ2n) is 5.43. The molecule has 0 atom stereocenters. The monoisotopic (exact) mass is 456 g/mol. The molecular formula is C14H28CaN2O8S2. The molecule has 0 aliphatic rings. The van der Waals surface area contributed by atoms with Crippen molar-refractivity contribution in [1.82, 2.24) is 10.6 Å². The quantitative estimate of drug-likeness (QED) is 0.220. The van der Waals surface area contributed by atoms with Gasteiger partial charge < -0.3 is 19.7 Å². The van der Waals surface area contributed by atoms with E-state index in [4.69, 9.17) is 0 Å². The van der Waals surface area contributed by atoms with Crippen molar-refractivity contribution in [3.8, 4) is 0 Å². The van der Waals surface area contributed by atoms with Crippen LogP contribution in [-0.4, -0.2) is 100 Å². The van der Waals surface area contributed by atoms with Crippen molar-refractivity contribution < 1.29 is 35.5 Å². The molecule has 0 bridgehead atoms. The maximum absolute atomic E-state index is 10.8. The number of amides is 2. The SMILES string of the molecule is CCCC(=O)NCCCS(=O)(=O)[O-].CCCC(=O)NCCCS(=O)(=O)[O-].[Ca+2]. The van der Waals surface area contributed by atoms with E-state index in [1.165, 1.54) is 0 Å². The fourth-order valence-electron chi connectivity index (χ4n) is 1.58. The summed E-state index contributed by atoms with van der Waals surface area (Å²) in [5, 5.41) is 5.03. The fourth-order valence-corrected chi connectivity index (χ4v) is 2.58. The van der Waals surface area contributed by atoms with Gasteiger partial charge in [0.1, 0.15) is 0 Å². The third-order valence-electron chi connectivity index (χ3n) is 2.74. The first-order valence-electron chi connectivity index (χ1n) is 8.31. The maximum atomic E-state index is 10.8. The van der Waals surface area contributed by atoms with E-state index in [1.54, 1.807) is 0 Å². The summed E-state index contributed by atoms with van der Waals surface area (Å²) >= 11 is 0. The summed E-state index contributed by atoms with van der Waals surface area (Å²) in [6, 6.07) is 0. The smallest absolute Gasteiger partial charge is 0.748 e. The first-order chi connectivity index (χ1) is 11.9. The van der Waals surface area contributed by atoms with E-state index in [-0.39, 0.29) is 75.5 Å². The molecule has 10 nitrogen and oxygen atoms in total. The van der Waals surface area contributed by atoms with Crippen molar-refractivity contribution in [2.45, 2.75) is 52.4 Å². The van der Waals surface area contributed by atoms with E-state index in [0.29, 0.717) is 12.8 Å². The first kappa shape index (κ1) is 31.7. The number of hydrogen-bond donors (Lipinski definition) is 2. The Morgan fingerprint density at radius 1 is 0.741 bits per heavy atom. The van der Waals surface area contributed by atoms with Gasteiger partial charge >= 0.3 is 37.7 Å². The molecule has 0 saturated carbocycles. The van der Waals surface area contributed by atoms with Crippen molar-refractivity contribution in [3.63, 3.8) is 0 Å². The molecule has 0 unspecified atom stereocenters. The van der Waals surface area contributed by atoms with E-state index >= 15 is 0 Å². The van der Waals surface area contributed by atoms with Gasteiger partial charge in [0.25, 0.3) is 0 Å². The summed E-state index contributed by atoms with van der Waals surface area (Å²) in [7, 11) is -8.27. The van der Waals surface area contributed by atoms with Crippen LogP contribution in [0.15, 0.2) is 0 Å². The largest absolute Gasteiger partial charge is 2.00 e. The predicted octanol–water partition coefficient (Wildman–Crippen LogP) is -0.705. The molecule has 2 amide bonds. The van der Waals surface area contributed by atoms with Crippen molar-refractivity contribution in [1.29, 1.82) is 0 Å². The van der Waals surface area contributed by atoms with Crippen molar-refractivity contribution in [2.24, 2.45) is 0 Å². The molecule has 0 radical (unpaired) electrons. The van der Waals surface area contributed by atoms with Gasteiger partial charge in [-0.2, -0.15) is 0 Å². The minimum atomic E-state index is -4.14. The van der Waals surface area contributed by atoms with Crippen LogP contribution in [0.3, 0.4) is 0 Å². The third-order valence-corrected chi connectivity index (χ3v) is 4.32. The van der Waals surface area contributed by atoms with Crippen LogP contribution in [0.5, 0.6) is 0 Å². The molecule has 2 N–H and O–H groups in total. The molecule has 13 heteroatoms. The van der Waals surface area contributed by atoms with Crippen LogP contribution in [0, 0.1) is 0 Å². The minimum Gasteiger partial charge on any atom is -0.748 e. The summed E-state index contributed by atoms with van der Waals surface area (Å²) in [5.74, 6) is -1.05. The summed E-state index contributed by atoms with van der Waals surface area (Å²) in [6.45, 7) is 4.25. The van der Waals surface area contributed by atoms with Gasteiger partial charge in [0, 0.05) is 37.4 Å². The average molecular weight is 457 g/mol. The van der Waals surface area contributed by atoms with Crippen LogP contribution in [0.2, 0.25) is 0 Å². The zero-order valence-corrected chi connectivity index (χ0v) is 19.7. The summed E-state index contributed by atoms with van der Waals surface area (Å²) < 4.78 is 60.8. The molecule has 0 heterocycles. The predicted molar refractivity (Wildman–Crippen MR) is 100.0 cm³/mol. The fraction of sp³-hybridized carbons (Fsp3) is 0.857. The number of hydrogen-bond acceptors (Lipinski definition) is 8. The molecule has 0 saturated heterocycles.